The average Bonchev–Trinajstić information content (AvgIpc) is 4.07. The van der Waals surface area contributed by atoms with Gasteiger partial charge in [-0.05, 0) is 94.1 Å². The van der Waals surface area contributed by atoms with Gasteiger partial charge >= 0.3 is 6.03 Å². The highest BCUT2D eigenvalue weighted by Crippen LogP contribution is 2.57. The molecular formula is C54H59ClF4N8O7. The largest absolute Gasteiger partial charge is 0.488 e. The van der Waals surface area contributed by atoms with Crippen molar-refractivity contribution in [1.29, 1.82) is 0 Å². The van der Waals surface area contributed by atoms with Gasteiger partial charge in [-0.15, -0.1) is 0 Å². The van der Waals surface area contributed by atoms with Gasteiger partial charge in [0.05, 0.1) is 22.6 Å². The number of rotatable bonds is 14. The zero-order chi connectivity index (χ0) is 52.2. The fourth-order valence-corrected chi connectivity index (χ4v) is 12.5. The van der Waals surface area contributed by atoms with Gasteiger partial charge in [-0.25, -0.2) is 22.4 Å². The number of ether oxygens (including phenoxy) is 2. The number of aliphatic hydroxyl groups is 1. The number of piperidine rings is 1. The van der Waals surface area contributed by atoms with Crippen molar-refractivity contribution >= 4 is 52.1 Å². The summed E-state index contributed by atoms with van der Waals surface area (Å²) in [5, 5.41) is 19.4. The van der Waals surface area contributed by atoms with Crippen LogP contribution in [0, 0.1) is 29.2 Å². The summed E-state index contributed by atoms with van der Waals surface area (Å²) >= 11 is 6.72. The van der Waals surface area contributed by atoms with Gasteiger partial charge in [-0.1, -0.05) is 48.9 Å². The second kappa shape index (κ2) is 20.8. The number of aliphatic hydroxyl groups excluding tert-OH is 1. The number of amides is 5. The van der Waals surface area contributed by atoms with Gasteiger partial charge in [0.1, 0.15) is 29.5 Å². The minimum Gasteiger partial charge on any atom is -0.488 e. The number of benzene rings is 4. The fraction of sp³-hybridized carbons (Fsp3) is 0.463. The Morgan fingerprint density at radius 1 is 0.932 bits per heavy atom. The van der Waals surface area contributed by atoms with E-state index in [0.717, 1.165) is 18.4 Å². The van der Waals surface area contributed by atoms with Gasteiger partial charge in [0, 0.05) is 91.9 Å². The molecule has 3 saturated heterocycles. The highest BCUT2D eigenvalue weighted by Gasteiger charge is 2.50. The second-order valence-corrected chi connectivity index (χ2v) is 20.7. The first-order valence-electron chi connectivity index (χ1n) is 25.4. The monoisotopic (exact) mass is 1040 g/mol. The van der Waals surface area contributed by atoms with Crippen LogP contribution in [0.4, 0.5) is 28.2 Å². The van der Waals surface area contributed by atoms with Crippen LogP contribution in [0.1, 0.15) is 104 Å². The zero-order valence-electron chi connectivity index (χ0n) is 41.2. The lowest BCUT2D eigenvalue weighted by molar-refractivity contribution is -0.138. The highest BCUT2D eigenvalue weighted by atomic mass is 35.5. The summed E-state index contributed by atoms with van der Waals surface area (Å²) in [4.78, 5) is 57.0. The Kier molecular flexibility index (Phi) is 14.4. The smallest absolute Gasteiger partial charge is 0.329 e. The molecule has 0 bridgehead atoms. The van der Waals surface area contributed by atoms with E-state index in [0.29, 0.717) is 70.3 Å². The summed E-state index contributed by atoms with van der Waals surface area (Å²) in [6.45, 7) is 4.11. The number of hydrogen-bond acceptors (Lipinski definition) is 10. The number of aryl methyl sites for hydroxylation is 1. The summed E-state index contributed by atoms with van der Waals surface area (Å²) in [5.41, 5.74) is 5.22. The number of halogens is 5. The molecule has 4 aliphatic heterocycles. The maximum Gasteiger partial charge on any atom is 0.329 e. The van der Waals surface area contributed by atoms with Crippen LogP contribution in [0.5, 0.6) is 11.5 Å². The summed E-state index contributed by atoms with van der Waals surface area (Å²) in [5.74, 6) is -5.70. The molecule has 1 saturated carbocycles. The Morgan fingerprint density at radius 2 is 1.68 bits per heavy atom. The molecule has 4 fully saturated rings. The van der Waals surface area contributed by atoms with E-state index in [1.54, 1.807) is 7.05 Å². The van der Waals surface area contributed by atoms with E-state index < -0.39 is 64.3 Å². The molecule has 5 heterocycles. The van der Waals surface area contributed by atoms with Crippen molar-refractivity contribution in [2.45, 2.75) is 94.2 Å². The minimum absolute atomic E-state index is 0.00677. The normalized spacial score (nSPS) is 23.6. The number of urea groups is 1. The minimum atomic E-state index is -1.15. The van der Waals surface area contributed by atoms with Crippen molar-refractivity contribution in [3.05, 3.63) is 105 Å². The van der Waals surface area contributed by atoms with Crippen molar-refractivity contribution in [3.8, 4) is 22.6 Å². The lowest BCUT2D eigenvalue weighted by Crippen LogP contribution is -2.50. The number of fused-ring (bicyclic) bond motifs is 2. The van der Waals surface area contributed by atoms with E-state index in [1.807, 2.05) is 42.2 Å². The van der Waals surface area contributed by atoms with Crippen molar-refractivity contribution in [2.75, 3.05) is 57.4 Å². The average molecular weight is 1040 g/mol. The van der Waals surface area contributed by atoms with E-state index in [9.17, 15) is 24.3 Å². The number of anilines is 1. The Hall–Kier alpha value is -6.28. The Labute approximate surface area is 430 Å². The molecule has 74 heavy (non-hydrogen) atoms. The summed E-state index contributed by atoms with van der Waals surface area (Å²) in [6, 6.07) is 13.7. The zero-order valence-corrected chi connectivity index (χ0v) is 42.0. The Bertz CT molecular complexity index is 3020. The predicted octanol–water partition coefficient (Wildman–Crippen LogP) is 7.78. The van der Waals surface area contributed by atoms with Crippen molar-refractivity contribution in [2.24, 2.45) is 18.7 Å². The Balaban J connectivity index is 0.786. The lowest BCUT2D eigenvalue weighted by Gasteiger charge is -2.39. The number of aromatic nitrogens is 2. The standard InChI is InChI=1S/C54H59ClF4N8O7/c1-29-42-40(26-38(57)46(55)45(42)44-35(50(60)70)14-15-39(47(44)58)73-24-23-68)74-54(29,32-7-4-3-5-8-32)28-61-33-12-10-31(11-13-33)52(71)66-19-6-9-34(66)27-65-20-16-30(17-21-65)43-37(56)25-36-49(48(43)59)64(2)63-51(36)67-22-18-41(69)62-53(67)72/h3-5,7-8,14-15,25-26,29-31,33-34,61,68H,6,9-13,16-24,27-28H2,1-2H3,(H2,60,70)(H,62,69,72). The van der Waals surface area contributed by atoms with Crippen LogP contribution in [0.25, 0.3) is 22.0 Å². The molecule has 5 N–H and O–H groups in total. The van der Waals surface area contributed by atoms with Crippen LogP contribution in [0.3, 0.4) is 0 Å². The van der Waals surface area contributed by atoms with Crippen LogP contribution in [0.15, 0.2) is 54.6 Å². The van der Waals surface area contributed by atoms with E-state index >= 15 is 17.6 Å². The number of primary amides is 1. The van der Waals surface area contributed by atoms with Crippen LogP contribution in [-0.4, -0.2) is 113 Å². The number of carbonyl (C=O) groups excluding carboxylic acids is 4. The number of carbonyl (C=O) groups is 4. The number of nitrogens with two attached hydrogens (primary N) is 1. The first kappa shape index (κ1) is 51.2. The van der Waals surface area contributed by atoms with E-state index in [1.165, 1.54) is 33.8 Å². The highest BCUT2D eigenvalue weighted by molar-refractivity contribution is 6.34. The van der Waals surface area contributed by atoms with Crippen molar-refractivity contribution in [3.63, 3.8) is 0 Å². The predicted molar refractivity (Wildman–Crippen MR) is 268 cm³/mol. The first-order chi connectivity index (χ1) is 35.6. The molecule has 3 atom stereocenters. The van der Waals surface area contributed by atoms with Crippen molar-refractivity contribution < 1.29 is 51.3 Å². The number of hydrogen-bond donors (Lipinski definition) is 4. The van der Waals surface area contributed by atoms with Gasteiger partial charge in [0.25, 0.3) is 0 Å². The molecule has 15 nitrogen and oxygen atoms in total. The maximum atomic E-state index is 16.5. The summed E-state index contributed by atoms with van der Waals surface area (Å²) in [7, 11) is 1.55. The Morgan fingerprint density at radius 3 is 2.38 bits per heavy atom. The molecule has 4 aromatic carbocycles. The number of likely N-dealkylation sites (tertiary alicyclic amines) is 2. The molecule has 392 valence electrons. The maximum absolute atomic E-state index is 16.5. The summed E-state index contributed by atoms with van der Waals surface area (Å²) < 4.78 is 78.2. The molecule has 0 radical (unpaired) electrons. The molecule has 20 heteroatoms. The number of nitrogens with one attached hydrogen (secondary N) is 2. The van der Waals surface area contributed by atoms with E-state index in [-0.39, 0.29) is 106 Å². The second-order valence-electron chi connectivity index (χ2n) is 20.3. The van der Waals surface area contributed by atoms with Crippen LogP contribution < -0.4 is 30.7 Å². The molecule has 5 amide bonds. The molecule has 1 aliphatic carbocycles. The van der Waals surface area contributed by atoms with E-state index in [4.69, 9.17) is 26.8 Å². The fourth-order valence-electron chi connectivity index (χ4n) is 12.3. The molecule has 0 spiro atoms. The number of nitrogens with zero attached hydrogens (tertiary/aromatic N) is 5. The van der Waals surface area contributed by atoms with E-state index in [2.05, 4.69) is 20.6 Å². The topological polar surface area (TPSA) is 185 Å². The third-order valence-electron chi connectivity index (χ3n) is 16.1. The molecular weight excluding hydrogens is 984 g/mol. The van der Waals surface area contributed by atoms with Crippen LogP contribution >= 0.6 is 11.6 Å². The molecule has 3 unspecified atom stereocenters. The summed E-state index contributed by atoms with van der Waals surface area (Å²) in [6.07, 6.45) is 5.61. The van der Waals surface area contributed by atoms with Gasteiger partial charge < -0.3 is 35.4 Å². The van der Waals surface area contributed by atoms with Crippen LogP contribution in [0.2, 0.25) is 5.02 Å². The molecule has 10 rings (SSSR count). The third-order valence-corrected chi connectivity index (χ3v) is 16.5. The van der Waals surface area contributed by atoms with Crippen LogP contribution in [-0.2, 0) is 22.2 Å². The van der Waals surface area contributed by atoms with Crippen molar-refractivity contribution in [1.82, 2.24) is 30.2 Å². The van der Waals surface area contributed by atoms with Gasteiger partial charge in [0.15, 0.2) is 28.8 Å². The molecule has 1 aromatic heterocycles. The third kappa shape index (κ3) is 9.23. The number of imide groups is 1. The molecule has 5 aromatic rings. The first-order valence-corrected chi connectivity index (χ1v) is 25.8. The van der Waals surface area contributed by atoms with Gasteiger partial charge in [-0.3, -0.25) is 29.3 Å². The molecule has 5 aliphatic rings. The van der Waals surface area contributed by atoms with Gasteiger partial charge in [0.2, 0.25) is 17.7 Å². The van der Waals surface area contributed by atoms with Gasteiger partial charge in [-0.2, -0.15) is 5.10 Å². The quantitative estimate of drug-likeness (QED) is 0.0802. The SMILES string of the molecule is CC1c2c(cc(F)c(Cl)c2-c2c(C(N)=O)ccc(OCCO)c2F)OC1(CNC1CCC(C(=O)N2CCCC2CN2CCC(c3c(F)cc4c(N5CCC(=O)NC5=O)nn(C)c4c3F)CC2)CC1)c1ccccc1. The lowest BCUT2D eigenvalue weighted by atomic mass is 9.77.